The van der Waals surface area contributed by atoms with Crippen molar-refractivity contribution in [3.8, 4) is 0 Å². The SMILES string of the molecule is C/C(=C\c1ccccc1C(C)C)C(NCCc1cccc(C)c1)c1cc(Cl)ccc1C. The van der Waals surface area contributed by atoms with E-state index in [9.17, 15) is 0 Å². The van der Waals surface area contributed by atoms with Crippen molar-refractivity contribution in [2.45, 2.75) is 53.0 Å². The lowest BCUT2D eigenvalue weighted by Gasteiger charge is -2.23. The van der Waals surface area contributed by atoms with Gasteiger partial charge in [-0.1, -0.05) is 97.3 Å². The lowest BCUT2D eigenvalue weighted by molar-refractivity contribution is 0.596. The predicted molar refractivity (Wildman–Crippen MR) is 136 cm³/mol. The molecule has 0 fully saturated rings. The number of benzene rings is 3. The van der Waals surface area contributed by atoms with Gasteiger partial charge < -0.3 is 5.32 Å². The molecule has 1 atom stereocenters. The van der Waals surface area contributed by atoms with Crippen molar-refractivity contribution in [3.63, 3.8) is 0 Å². The topological polar surface area (TPSA) is 12.0 Å². The maximum Gasteiger partial charge on any atom is 0.0539 e. The molecule has 1 N–H and O–H groups in total. The zero-order valence-corrected chi connectivity index (χ0v) is 20.1. The number of nitrogens with one attached hydrogen (secondary N) is 1. The Hall–Kier alpha value is -2.35. The third-order valence-corrected chi connectivity index (χ3v) is 6.09. The fraction of sp³-hybridized carbons (Fsp3) is 0.310. The second-order valence-electron chi connectivity index (χ2n) is 8.80. The second-order valence-corrected chi connectivity index (χ2v) is 9.24. The molecular formula is C29H34ClN. The standard InChI is InChI=1S/C29H34ClN/c1-20(2)27-12-7-6-11-25(27)18-23(5)29(28-19-26(30)14-13-22(28)4)31-16-15-24-10-8-9-21(3)17-24/h6-14,17-20,29,31H,15-16H2,1-5H3/b23-18+. The van der Waals surface area contributed by atoms with Gasteiger partial charge in [0.1, 0.15) is 0 Å². The van der Waals surface area contributed by atoms with Crippen LogP contribution in [0.4, 0.5) is 0 Å². The Balaban J connectivity index is 1.91. The Morgan fingerprint density at radius 3 is 2.45 bits per heavy atom. The van der Waals surface area contributed by atoms with E-state index in [0.29, 0.717) is 5.92 Å². The summed E-state index contributed by atoms with van der Waals surface area (Å²) in [7, 11) is 0. The summed E-state index contributed by atoms with van der Waals surface area (Å²) in [4.78, 5) is 0. The van der Waals surface area contributed by atoms with Crippen LogP contribution in [0.2, 0.25) is 5.02 Å². The van der Waals surface area contributed by atoms with Crippen molar-refractivity contribution in [2.24, 2.45) is 0 Å². The maximum absolute atomic E-state index is 6.39. The maximum atomic E-state index is 6.39. The van der Waals surface area contributed by atoms with Crippen molar-refractivity contribution in [1.29, 1.82) is 0 Å². The smallest absolute Gasteiger partial charge is 0.0539 e. The Bertz CT molecular complexity index is 1050. The van der Waals surface area contributed by atoms with E-state index in [1.54, 1.807) is 0 Å². The average Bonchev–Trinajstić information content (AvgIpc) is 2.73. The molecule has 0 aliphatic rings. The van der Waals surface area contributed by atoms with Crippen LogP contribution >= 0.6 is 11.6 Å². The van der Waals surface area contributed by atoms with E-state index in [-0.39, 0.29) is 6.04 Å². The van der Waals surface area contributed by atoms with Gasteiger partial charge in [-0.2, -0.15) is 0 Å². The highest BCUT2D eigenvalue weighted by Crippen LogP contribution is 2.30. The first-order valence-corrected chi connectivity index (χ1v) is 11.5. The summed E-state index contributed by atoms with van der Waals surface area (Å²) in [5.74, 6) is 0.487. The zero-order valence-electron chi connectivity index (χ0n) is 19.4. The fourth-order valence-electron chi connectivity index (χ4n) is 4.16. The quantitative estimate of drug-likeness (QED) is 0.380. The largest absolute Gasteiger partial charge is 0.306 e. The number of aryl methyl sites for hydroxylation is 2. The van der Waals surface area contributed by atoms with Gasteiger partial charge in [0, 0.05) is 11.6 Å². The van der Waals surface area contributed by atoms with Crippen LogP contribution < -0.4 is 5.32 Å². The second kappa shape index (κ2) is 10.8. The van der Waals surface area contributed by atoms with Crippen LogP contribution in [0.5, 0.6) is 0 Å². The van der Waals surface area contributed by atoms with Gasteiger partial charge in [-0.15, -0.1) is 0 Å². The van der Waals surface area contributed by atoms with Crippen LogP contribution in [0.1, 0.15) is 66.1 Å². The molecule has 0 radical (unpaired) electrons. The third-order valence-electron chi connectivity index (χ3n) is 5.85. The average molecular weight is 432 g/mol. The minimum absolute atomic E-state index is 0.115. The predicted octanol–water partition coefficient (Wildman–Crippen LogP) is 8.06. The molecule has 162 valence electrons. The molecule has 1 unspecified atom stereocenters. The first kappa shape index (κ1) is 23.3. The molecule has 0 spiro atoms. The molecule has 0 bridgehead atoms. The van der Waals surface area contributed by atoms with E-state index in [2.05, 4.69) is 107 Å². The molecule has 0 saturated carbocycles. The molecule has 3 aromatic rings. The van der Waals surface area contributed by atoms with Gasteiger partial charge in [0.25, 0.3) is 0 Å². The van der Waals surface area contributed by atoms with E-state index in [0.717, 1.165) is 18.0 Å². The summed E-state index contributed by atoms with van der Waals surface area (Å²) < 4.78 is 0. The van der Waals surface area contributed by atoms with E-state index < -0.39 is 0 Å². The highest BCUT2D eigenvalue weighted by atomic mass is 35.5. The Labute approximate surface area is 193 Å². The van der Waals surface area contributed by atoms with Gasteiger partial charge in [-0.3, -0.25) is 0 Å². The molecule has 0 aliphatic heterocycles. The summed E-state index contributed by atoms with van der Waals surface area (Å²) >= 11 is 6.39. The molecule has 31 heavy (non-hydrogen) atoms. The molecule has 0 aromatic heterocycles. The van der Waals surface area contributed by atoms with Crippen molar-refractivity contribution in [2.75, 3.05) is 6.54 Å². The van der Waals surface area contributed by atoms with E-state index in [1.165, 1.54) is 39.0 Å². The van der Waals surface area contributed by atoms with Gasteiger partial charge in [0.2, 0.25) is 0 Å². The van der Waals surface area contributed by atoms with Crippen LogP contribution in [-0.4, -0.2) is 6.54 Å². The number of hydrogen-bond acceptors (Lipinski definition) is 1. The molecule has 0 heterocycles. The zero-order chi connectivity index (χ0) is 22.4. The Morgan fingerprint density at radius 2 is 1.71 bits per heavy atom. The van der Waals surface area contributed by atoms with Crippen LogP contribution in [0.3, 0.4) is 0 Å². The Kier molecular flexibility index (Phi) is 8.12. The summed E-state index contributed by atoms with van der Waals surface area (Å²) in [6.07, 6.45) is 3.33. The van der Waals surface area contributed by atoms with Crippen molar-refractivity contribution >= 4 is 17.7 Å². The highest BCUT2D eigenvalue weighted by Gasteiger charge is 2.17. The normalized spacial score (nSPS) is 12.9. The number of halogens is 1. The molecular weight excluding hydrogens is 398 g/mol. The van der Waals surface area contributed by atoms with Crippen LogP contribution in [-0.2, 0) is 6.42 Å². The van der Waals surface area contributed by atoms with Crippen LogP contribution in [0.15, 0.2) is 72.3 Å². The van der Waals surface area contributed by atoms with Gasteiger partial charge in [-0.05, 0) is 73.1 Å². The minimum atomic E-state index is 0.115. The first-order valence-electron chi connectivity index (χ1n) is 11.2. The summed E-state index contributed by atoms with van der Waals surface area (Å²) in [6.45, 7) is 11.9. The number of hydrogen-bond donors (Lipinski definition) is 1. The molecule has 0 aliphatic carbocycles. The lowest BCUT2D eigenvalue weighted by atomic mass is 9.91. The van der Waals surface area contributed by atoms with Crippen molar-refractivity contribution in [1.82, 2.24) is 5.32 Å². The summed E-state index contributed by atoms with van der Waals surface area (Å²) in [5.41, 5.74) is 9.13. The van der Waals surface area contributed by atoms with Gasteiger partial charge >= 0.3 is 0 Å². The van der Waals surface area contributed by atoms with Crippen LogP contribution in [0, 0.1) is 13.8 Å². The van der Waals surface area contributed by atoms with Gasteiger partial charge in [-0.25, -0.2) is 0 Å². The number of rotatable bonds is 8. The van der Waals surface area contributed by atoms with E-state index in [4.69, 9.17) is 11.6 Å². The van der Waals surface area contributed by atoms with E-state index >= 15 is 0 Å². The first-order chi connectivity index (χ1) is 14.8. The minimum Gasteiger partial charge on any atom is -0.306 e. The Morgan fingerprint density at radius 1 is 0.935 bits per heavy atom. The van der Waals surface area contributed by atoms with Crippen LogP contribution in [0.25, 0.3) is 6.08 Å². The van der Waals surface area contributed by atoms with Crippen molar-refractivity contribution in [3.05, 3.63) is 111 Å². The van der Waals surface area contributed by atoms with Crippen molar-refractivity contribution < 1.29 is 0 Å². The molecule has 3 aromatic carbocycles. The third kappa shape index (κ3) is 6.32. The monoisotopic (exact) mass is 431 g/mol. The molecule has 1 nitrogen and oxygen atoms in total. The molecule has 0 saturated heterocycles. The molecule has 0 amide bonds. The van der Waals surface area contributed by atoms with Gasteiger partial charge in [0.05, 0.1) is 6.04 Å². The molecule has 3 rings (SSSR count). The fourth-order valence-corrected chi connectivity index (χ4v) is 4.34. The lowest BCUT2D eigenvalue weighted by Crippen LogP contribution is -2.25. The highest BCUT2D eigenvalue weighted by molar-refractivity contribution is 6.30. The summed E-state index contributed by atoms with van der Waals surface area (Å²) in [6, 6.07) is 23.7. The van der Waals surface area contributed by atoms with E-state index in [1.807, 2.05) is 6.07 Å². The summed E-state index contributed by atoms with van der Waals surface area (Å²) in [5, 5.41) is 4.59. The molecule has 2 heteroatoms. The van der Waals surface area contributed by atoms with Gasteiger partial charge in [0.15, 0.2) is 0 Å².